The molecule has 3 aromatic rings. The van der Waals surface area contributed by atoms with Crippen LogP contribution in [0.2, 0.25) is 0 Å². The van der Waals surface area contributed by atoms with Gasteiger partial charge in [-0.05, 0) is 30.2 Å². The molecule has 1 fully saturated rings. The topological polar surface area (TPSA) is 78.1 Å². The Morgan fingerprint density at radius 1 is 1.14 bits per heavy atom. The smallest absolute Gasteiger partial charge is 0.227 e. The molecule has 1 aliphatic heterocycles. The molecule has 2 N–H and O–H groups in total. The molecule has 0 saturated carbocycles. The van der Waals surface area contributed by atoms with Crippen LogP contribution in [0.25, 0.3) is 11.0 Å². The lowest BCUT2D eigenvalue weighted by atomic mass is 10.0. The number of benzene rings is 2. The molecule has 1 aromatic heterocycles. The van der Waals surface area contributed by atoms with E-state index in [1.807, 2.05) is 68.4 Å². The number of carbonyl (C=O) groups excluding carboxylic acids is 2. The normalized spacial score (nSPS) is 18.0. The average molecular weight is 376 g/mol. The molecule has 1 unspecified atom stereocenters. The highest BCUT2D eigenvalue weighted by molar-refractivity contribution is 6.00. The lowest BCUT2D eigenvalue weighted by Crippen LogP contribution is -2.38. The van der Waals surface area contributed by atoms with Crippen LogP contribution < -0.4 is 10.2 Å². The number of aromatic amines is 1. The van der Waals surface area contributed by atoms with E-state index in [2.05, 4.69) is 15.3 Å². The highest BCUT2D eigenvalue weighted by Crippen LogP contribution is 2.27. The number of nitrogens with one attached hydrogen (secondary N) is 2. The summed E-state index contributed by atoms with van der Waals surface area (Å²) in [7, 11) is 0. The predicted molar refractivity (Wildman–Crippen MR) is 109 cm³/mol. The molecular formula is C22H24N4O2. The fraction of sp³-hybridized carbons (Fsp3) is 0.318. The second kappa shape index (κ2) is 7.46. The molecule has 0 radical (unpaired) electrons. The summed E-state index contributed by atoms with van der Waals surface area (Å²) < 4.78 is 0. The molecule has 2 heterocycles. The number of amides is 2. The maximum absolute atomic E-state index is 12.9. The maximum Gasteiger partial charge on any atom is 0.227 e. The van der Waals surface area contributed by atoms with Crippen LogP contribution in [0.5, 0.6) is 0 Å². The molecule has 0 bridgehead atoms. The van der Waals surface area contributed by atoms with Crippen LogP contribution in [0, 0.1) is 11.8 Å². The van der Waals surface area contributed by atoms with Gasteiger partial charge in [0, 0.05) is 18.7 Å². The van der Waals surface area contributed by atoms with Crippen molar-refractivity contribution in [1.29, 1.82) is 0 Å². The van der Waals surface area contributed by atoms with Gasteiger partial charge in [-0.2, -0.15) is 0 Å². The minimum atomic E-state index is -0.363. The lowest BCUT2D eigenvalue weighted by Gasteiger charge is -2.22. The van der Waals surface area contributed by atoms with Gasteiger partial charge >= 0.3 is 0 Å². The van der Waals surface area contributed by atoms with Crippen LogP contribution in [0.3, 0.4) is 0 Å². The summed E-state index contributed by atoms with van der Waals surface area (Å²) in [6.45, 7) is 4.50. The largest absolute Gasteiger partial charge is 0.346 e. The zero-order valence-electron chi connectivity index (χ0n) is 16.1. The molecule has 0 spiro atoms. The molecule has 1 saturated heterocycles. The van der Waals surface area contributed by atoms with Gasteiger partial charge in [0.25, 0.3) is 0 Å². The standard InChI is InChI=1S/C22H24N4O2/c1-14(2)20(21-23-17-10-6-7-11-18(17)24-21)25-22(28)15-12-19(27)26(13-15)16-8-4-3-5-9-16/h3-11,14-15,20H,12-13H2,1-2H3,(H,23,24)(H,25,28)/t15?,20-/m0/s1. The summed E-state index contributed by atoms with van der Waals surface area (Å²) in [6, 6.07) is 17.1. The van der Waals surface area contributed by atoms with E-state index in [9.17, 15) is 9.59 Å². The third-order valence-electron chi connectivity index (χ3n) is 5.23. The number of hydrogen-bond acceptors (Lipinski definition) is 3. The highest BCUT2D eigenvalue weighted by Gasteiger charge is 2.36. The zero-order chi connectivity index (χ0) is 19.7. The van der Waals surface area contributed by atoms with E-state index in [1.54, 1.807) is 4.90 Å². The van der Waals surface area contributed by atoms with E-state index >= 15 is 0 Å². The number of aromatic nitrogens is 2. The molecule has 6 nitrogen and oxygen atoms in total. The number of H-pyrrole nitrogens is 1. The SMILES string of the molecule is CC(C)[C@H](NC(=O)C1CC(=O)N(c2ccccc2)C1)c1nc2ccccc2[nH]1. The van der Waals surface area contributed by atoms with Gasteiger partial charge in [0.05, 0.1) is 23.0 Å². The van der Waals surface area contributed by atoms with Crippen molar-refractivity contribution in [3.05, 3.63) is 60.4 Å². The van der Waals surface area contributed by atoms with Crippen molar-refractivity contribution < 1.29 is 9.59 Å². The lowest BCUT2D eigenvalue weighted by molar-refractivity contribution is -0.127. The minimum absolute atomic E-state index is 0.0174. The van der Waals surface area contributed by atoms with Gasteiger partial charge in [-0.25, -0.2) is 4.98 Å². The molecule has 1 aliphatic rings. The number of anilines is 1. The molecule has 6 heteroatoms. The second-order valence-corrected chi connectivity index (χ2v) is 7.61. The van der Waals surface area contributed by atoms with Crippen LogP contribution >= 0.6 is 0 Å². The first kappa shape index (κ1) is 18.2. The van der Waals surface area contributed by atoms with Gasteiger partial charge in [0.1, 0.15) is 5.82 Å². The Hall–Kier alpha value is -3.15. The van der Waals surface area contributed by atoms with Crippen molar-refractivity contribution >= 4 is 28.5 Å². The van der Waals surface area contributed by atoms with Gasteiger partial charge in [0.2, 0.25) is 11.8 Å². The molecule has 2 amide bonds. The van der Waals surface area contributed by atoms with E-state index in [-0.39, 0.29) is 36.1 Å². The monoisotopic (exact) mass is 376 g/mol. The van der Waals surface area contributed by atoms with E-state index in [0.29, 0.717) is 6.54 Å². The van der Waals surface area contributed by atoms with Crippen molar-refractivity contribution in [2.75, 3.05) is 11.4 Å². The molecule has 28 heavy (non-hydrogen) atoms. The van der Waals surface area contributed by atoms with Crippen molar-refractivity contribution in [2.24, 2.45) is 11.8 Å². The van der Waals surface area contributed by atoms with Crippen LogP contribution in [-0.2, 0) is 9.59 Å². The third-order valence-corrected chi connectivity index (χ3v) is 5.23. The summed E-state index contributed by atoms with van der Waals surface area (Å²) in [6.07, 6.45) is 0.228. The summed E-state index contributed by atoms with van der Waals surface area (Å²) in [4.78, 5) is 35.0. The number of hydrogen-bond donors (Lipinski definition) is 2. The highest BCUT2D eigenvalue weighted by atomic mass is 16.2. The second-order valence-electron chi connectivity index (χ2n) is 7.61. The van der Waals surface area contributed by atoms with Crippen LogP contribution in [0.15, 0.2) is 54.6 Å². The van der Waals surface area contributed by atoms with Gasteiger partial charge in [0.15, 0.2) is 0 Å². The first-order valence-corrected chi connectivity index (χ1v) is 9.63. The first-order valence-electron chi connectivity index (χ1n) is 9.63. The van der Waals surface area contributed by atoms with Gasteiger partial charge in [-0.3, -0.25) is 9.59 Å². The molecule has 4 rings (SSSR count). The average Bonchev–Trinajstić information content (AvgIpc) is 3.29. The van der Waals surface area contributed by atoms with E-state index in [4.69, 9.17) is 0 Å². The Kier molecular flexibility index (Phi) is 4.86. The first-order chi connectivity index (χ1) is 13.5. The van der Waals surface area contributed by atoms with Crippen LogP contribution in [0.4, 0.5) is 5.69 Å². The van der Waals surface area contributed by atoms with Gasteiger partial charge < -0.3 is 15.2 Å². The maximum atomic E-state index is 12.9. The summed E-state index contributed by atoms with van der Waals surface area (Å²) in [5.41, 5.74) is 2.66. The van der Waals surface area contributed by atoms with Crippen LogP contribution in [0.1, 0.15) is 32.1 Å². The number of rotatable bonds is 5. The van der Waals surface area contributed by atoms with E-state index < -0.39 is 0 Å². The number of nitrogens with zero attached hydrogens (tertiary/aromatic N) is 2. The Labute approximate surface area is 164 Å². The molecule has 0 aliphatic carbocycles. The van der Waals surface area contributed by atoms with Crippen molar-refractivity contribution in [3.8, 4) is 0 Å². The number of fused-ring (bicyclic) bond motifs is 1. The Morgan fingerprint density at radius 2 is 1.86 bits per heavy atom. The number of imidazole rings is 1. The Morgan fingerprint density at radius 3 is 2.57 bits per heavy atom. The van der Waals surface area contributed by atoms with E-state index in [0.717, 1.165) is 22.5 Å². The van der Waals surface area contributed by atoms with Crippen LogP contribution in [-0.4, -0.2) is 28.3 Å². The fourth-order valence-electron chi connectivity index (χ4n) is 3.68. The third kappa shape index (κ3) is 3.50. The Bertz CT molecular complexity index is 963. The Balaban J connectivity index is 1.50. The summed E-state index contributed by atoms with van der Waals surface area (Å²) in [5, 5.41) is 3.12. The molecular weight excluding hydrogens is 352 g/mol. The molecule has 2 aromatic carbocycles. The quantitative estimate of drug-likeness (QED) is 0.716. The fourth-order valence-corrected chi connectivity index (χ4v) is 3.68. The molecule has 2 atom stereocenters. The summed E-state index contributed by atoms with van der Waals surface area (Å²) >= 11 is 0. The van der Waals surface area contributed by atoms with E-state index in [1.165, 1.54) is 0 Å². The number of carbonyl (C=O) groups is 2. The minimum Gasteiger partial charge on any atom is -0.346 e. The number of para-hydroxylation sites is 3. The van der Waals surface area contributed by atoms with Gasteiger partial charge in [-0.1, -0.05) is 44.2 Å². The zero-order valence-corrected chi connectivity index (χ0v) is 16.1. The van der Waals surface area contributed by atoms with Crippen molar-refractivity contribution in [2.45, 2.75) is 26.3 Å². The predicted octanol–water partition coefficient (Wildman–Crippen LogP) is 3.43. The summed E-state index contributed by atoms with van der Waals surface area (Å²) in [5.74, 6) is 0.418. The van der Waals surface area contributed by atoms with Crippen molar-refractivity contribution in [1.82, 2.24) is 15.3 Å². The van der Waals surface area contributed by atoms with Gasteiger partial charge in [-0.15, -0.1) is 0 Å². The molecule has 144 valence electrons. The van der Waals surface area contributed by atoms with Crippen molar-refractivity contribution in [3.63, 3.8) is 0 Å².